The summed E-state index contributed by atoms with van der Waals surface area (Å²) in [5.41, 5.74) is 2.15. The smallest absolute Gasteiger partial charge is 0.308 e. The summed E-state index contributed by atoms with van der Waals surface area (Å²) >= 11 is 0. The SMILES string of the molecule is CCCCN(CCCC[N+](C)(C)C)C(=O)CN1CC(c2ccc3c(c2)CCO3)C(C(=O)O)C1CCCN1CCCC1=O. The van der Waals surface area contributed by atoms with Crippen LogP contribution in [-0.4, -0.2) is 122 Å². The highest BCUT2D eigenvalue weighted by Crippen LogP contribution is 2.41. The van der Waals surface area contributed by atoms with E-state index in [4.69, 9.17) is 4.74 Å². The molecule has 2 saturated heterocycles. The van der Waals surface area contributed by atoms with Gasteiger partial charge in [-0.1, -0.05) is 25.5 Å². The Kier molecular flexibility index (Phi) is 11.3. The van der Waals surface area contributed by atoms with Crippen LogP contribution in [0.4, 0.5) is 0 Å². The van der Waals surface area contributed by atoms with E-state index in [1.165, 1.54) is 0 Å². The number of carbonyl (C=O) groups is 3. The average molecular weight is 586 g/mol. The third-order valence-corrected chi connectivity index (χ3v) is 9.25. The molecule has 2 fully saturated rings. The zero-order valence-corrected chi connectivity index (χ0v) is 26.4. The lowest BCUT2D eigenvalue weighted by atomic mass is 9.83. The Morgan fingerprint density at radius 1 is 1.10 bits per heavy atom. The summed E-state index contributed by atoms with van der Waals surface area (Å²) in [7, 11) is 6.57. The van der Waals surface area contributed by atoms with Crippen molar-refractivity contribution >= 4 is 17.8 Å². The molecule has 42 heavy (non-hydrogen) atoms. The molecule has 0 aliphatic carbocycles. The summed E-state index contributed by atoms with van der Waals surface area (Å²) in [4.78, 5) is 44.9. The fourth-order valence-electron chi connectivity index (χ4n) is 6.93. The summed E-state index contributed by atoms with van der Waals surface area (Å²) in [5.74, 6) is -0.440. The summed E-state index contributed by atoms with van der Waals surface area (Å²) in [5, 5.41) is 10.5. The number of benzene rings is 1. The van der Waals surface area contributed by atoms with E-state index in [1.54, 1.807) is 0 Å². The molecule has 0 radical (unpaired) electrons. The lowest BCUT2D eigenvalue weighted by molar-refractivity contribution is -0.870. The number of hydrogen-bond acceptors (Lipinski definition) is 5. The Morgan fingerprint density at radius 3 is 2.57 bits per heavy atom. The number of hydrogen-bond donors (Lipinski definition) is 1. The molecule has 1 N–H and O–H groups in total. The first-order valence-corrected chi connectivity index (χ1v) is 16.2. The number of carbonyl (C=O) groups excluding carboxylic acids is 2. The van der Waals surface area contributed by atoms with E-state index in [0.717, 1.165) is 92.5 Å². The highest BCUT2D eigenvalue weighted by atomic mass is 16.5. The number of likely N-dealkylation sites (tertiary alicyclic amines) is 2. The molecule has 3 heterocycles. The molecule has 3 unspecified atom stereocenters. The van der Waals surface area contributed by atoms with E-state index < -0.39 is 11.9 Å². The van der Waals surface area contributed by atoms with Gasteiger partial charge >= 0.3 is 5.97 Å². The van der Waals surface area contributed by atoms with Gasteiger partial charge in [0.1, 0.15) is 5.75 Å². The van der Waals surface area contributed by atoms with Crippen LogP contribution in [0, 0.1) is 5.92 Å². The number of ether oxygens (including phenoxy) is 1. The largest absolute Gasteiger partial charge is 0.493 e. The number of carboxylic acid groups (broad SMARTS) is 1. The van der Waals surface area contributed by atoms with Crippen molar-refractivity contribution in [2.24, 2.45) is 5.92 Å². The van der Waals surface area contributed by atoms with E-state index >= 15 is 0 Å². The maximum atomic E-state index is 13.8. The van der Waals surface area contributed by atoms with Crippen LogP contribution in [0.5, 0.6) is 5.75 Å². The Labute approximate surface area is 252 Å². The van der Waals surface area contributed by atoms with Gasteiger partial charge in [-0.2, -0.15) is 0 Å². The second-order valence-electron chi connectivity index (χ2n) is 13.5. The number of unbranched alkanes of at least 4 members (excludes halogenated alkanes) is 2. The Morgan fingerprint density at radius 2 is 1.88 bits per heavy atom. The number of fused-ring (bicyclic) bond motifs is 1. The molecule has 9 heteroatoms. The molecule has 9 nitrogen and oxygen atoms in total. The molecule has 3 aliphatic rings. The maximum Gasteiger partial charge on any atom is 0.308 e. The number of amides is 2. The van der Waals surface area contributed by atoms with Crippen molar-refractivity contribution in [3.8, 4) is 5.75 Å². The van der Waals surface area contributed by atoms with Crippen molar-refractivity contribution in [1.82, 2.24) is 14.7 Å². The van der Waals surface area contributed by atoms with Crippen LogP contribution >= 0.6 is 0 Å². The topological polar surface area (TPSA) is 90.4 Å². The minimum absolute atomic E-state index is 0.0977. The summed E-state index contributed by atoms with van der Waals surface area (Å²) in [6.07, 6.45) is 7.74. The number of aliphatic carboxylic acids is 1. The molecule has 0 saturated carbocycles. The van der Waals surface area contributed by atoms with Crippen molar-refractivity contribution in [2.45, 2.75) is 76.7 Å². The van der Waals surface area contributed by atoms with Gasteiger partial charge in [-0.3, -0.25) is 19.3 Å². The van der Waals surface area contributed by atoms with Crippen molar-refractivity contribution in [3.63, 3.8) is 0 Å². The number of quaternary nitrogens is 1. The van der Waals surface area contributed by atoms with Gasteiger partial charge < -0.3 is 24.1 Å². The van der Waals surface area contributed by atoms with Crippen LogP contribution in [0.3, 0.4) is 0 Å². The van der Waals surface area contributed by atoms with E-state index in [-0.39, 0.29) is 30.3 Å². The maximum absolute atomic E-state index is 13.8. The molecule has 0 aromatic heterocycles. The van der Waals surface area contributed by atoms with Gasteiger partial charge in [0, 0.05) is 57.5 Å². The molecule has 4 rings (SSSR count). The fraction of sp³-hybridized carbons (Fsp3) is 0.727. The third kappa shape index (κ3) is 8.47. The van der Waals surface area contributed by atoms with Crippen LogP contribution in [0.1, 0.15) is 75.3 Å². The van der Waals surface area contributed by atoms with Crippen molar-refractivity contribution in [1.29, 1.82) is 0 Å². The molecule has 0 spiro atoms. The van der Waals surface area contributed by atoms with Crippen LogP contribution in [-0.2, 0) is 20.8 Å². The van der Waals surface area contributed by atoms with E-state index in [2.05, 4.69) is 39.0 Å². The van der Waals surface area contributed by atoms with Crippen LogP contribution in [0.15, 0.2) is 18.2 Å². The molecule has 1 aromatic carbocycles. The Bertz CT molecular complexity index is 1090. The van der Waals surface area contributed by atoms with Gasteiger partial charge in [-0.25, -0.2) is 0 Å². The van der Waals surface area contributed by atoms with Gasteiger partial charge in [0.15, 0.2) is 0 Å². The second-order valence-corrected chi connectivity index (χ2v) is 13.5. The molecule has 1 aromatic rings. The van der Waals surface area contributed by atoms with E-state index in [9.17, 15) is 19.5 Å². The number of rotatable bonds is 16. The van der Waals surface area contributed by atoms with E-state index in [1.807, 2.05) is 21.9 Å². The molecular formula is C33H53N4O5+. The van der Waals surface area contributed by atoms with Crippen LogP contribution in [0.2, 0.25) is 0 Å². The standard InChI is InChI=1S/C33H52N4O5/c1-5-6-16-35(17-7-8-20-37(2,3)4)31(39)24-36-23-27(25-13-14-29-26(22-25)15-21-42-29)32(33(40)41)28(36)11-9-18-34-19-10-12-30(34)38/h13-14,22,27-28,32H,5-12,15-21,23-24H2,1-4H3/p+1. The average Bonchev–Trinajstić information content (AvgIpc) is 3.66. The Balaban J connectivity index is 1.50. The summed E-state index contributed by atoms with van der Waals surface area (Å²) in [6, 6.07) is 5.85. The second kappa shape index (κ2) is 14.7. The van der Waals surface area contributed by atoms with Crippen molar-refractivity contribution in [3.05, 3.63) is 29.3 Å². The first-order chi connectivity index (χ1) is 20.1. The van der Waals surface area contributed by atoms with E-state index in [0.29, 0.717) is 32.5 Å². The minimum Gasteiger partial charge on any atom is -0.493 e. The van der Waals surface area contributed by atoms with Crippen molar-refractivity contribution < 1.29 is 28.7 Å². The van der Waals surface area contributed by atoms with Gasteiger partial charge in [-0.05, 0) is 55.7 Å². The predicted molar refractivity (Wildman–Crippen MR) is 164 cm³/mol. The third-order valence-electron chi connectivity index (χ3n) is 9.25. The van der Waals surface area contributed by atoms with Crippen molar-refractivity contribution in [2.75, 3.05) is 73.6 Å². The fourth-order valence-corrected chi connectivity index (χ4v) is 6.93. The zero-order chi connectivity index (χ0) is 30.3. The monoisotopic (exact) mass is 585 g/mol. The molecule has 234 valence electrons. The molecule has 3 aliphatic heterocycles. The predicted octanol–water partition coefficient (Wildman–Crippen LogP) is 3.61. The molecule has 2 amide bonds. The summed E-state index contributed by atoms with van der Waals surface area (Å²) in [6.45, 7) is 7.57. The quantitative estimate of drug-likeness (QED) is 0.236. The Hall–Kier alpha value is -2.65. The van der Waals surface area contributed by atoms with Gasteiger partial charge in [0.05, 0.1) is 46.8 Å². The zero-order valence-electron chi connectivity index (χ0n) is 26.4. The lowest BCUT2D eigenvalue weighted by Gasteiger charge is -2.30. The highest BCUT2D eigenvalue weighted by Gasteiger charge is 2.47. The number of carboxylic acids is 1. The van der Waals surface area contributed by atoms with Crippen LogP contribution < -0.4 is 4.74 Å². The first-order valence-electron chi connectivity index (χ1n) is 16.2. The summed E-state index contributed by atoms with van der Waals surface area (Å²) < 4.78 is 6.61. The molecule has 3 atom stereocenters. The highest BCUT2D eigenvalue weighted by molar-refractivity contribution is 5.79. The molecular weight excluding hydrogens is 532 g/mol. The van der Waals surface area contributed by atoms with Gasteiger partial charge in [0.2, 0.25) is 11.8 Å². The van der Waals surface area contributed by atoms with Gasteiger partial charge in [0.25, 0.3) is 0 Å². The lowest BCUT2D eigenvalue weighted by Crippen LogP contribution is -2.45. The normalized spacial score (nSPS) is 22.4. The van der Waals surface area contributed by atoms with Gasteiger partial charge in [-0.15, -0.1) is 0 Å². The minimum atomic E-state index is -0.808. The number of nitrogens with zero attached hydrogens (tertiary/aromatic N) is 4. The van der Waals surface area contributed by atoms with Crippen LogP contribution in [0.25, 0.3) is 0 Å². The first kappa shape index (κ1) is 32.3. The molecule has 0 bridgehead atoms.